The molecule has 1 amide bonds. The molecule has 7 heteroatoms. The molecule has 31 heavy (non-hydrogen) atoms. The van der Waals surface area contributed by atoms with Gasteiger partial charge in [0.2, 0.25) is 0 Å². The Balaban J connectivity index is 1.92. The van der Waals surface area contributed by atoms with Crippen LogP contribution in [0.25, 0.3) is 11.0 Å². The van der Waals surface area contributed by atoms with Crippen LogP contribution in [-0.4, -0.2) is 17.7 Å². The van der Waals surface area contributed by atoms with E-state index in [0.29, 0.717) is 16.7 Å². The van der Waals surface area contributed by atoms with Gasteiger partial charge in [-0.25, -0.2) is 14.4 Å². The Bertz CT molecular complexity index is 1170. The number of alkyl carbamates (subject to hydrolysis) is 1. The maximum absolute atomic E-state index is 13.1. The second-order valence-electron chi connectivity index (χ2n) is 8.22. The highest BCUT2D eigenvalue weighted by Gasteiger charge is 2.28. The number of nitrogens with one attached hydrogen (secondary N) is 1. The van der Waals surface area contributed by atoms with E-state index in [2.05, 4.69) is 5.32 Å². The maximum Gasteiger partial charge on any atom is 0.408 e. The molecule has 0 radical (unpaired) electrons. The molecule has 1 aromatic heterocycles. The first-order valence-corrected chi connectivity index (χ1v) is 9.85. The molecular formula is C24H25NO6. The summed E-state index contributed by atoms with van der Waals surface area (Å²) in [5, 5.41) is 3.33. The van der Waals surface area contributed by atoms with E-state index < -0.39 is 29.3 Å². The van der Waals surface area contributed by atoms with Crippen LogP contribution in [0.1, 0.15) is 43.5 Å². The van der Waals surface area contributed by atoms with Gasteiger partial charge in [-0.05, 0) is 57.9 Å². The van der Waals surface area contributed by atoms with Crippen LogP contribution in [0.2, 0.25) is 0 Å². The van der Waals surface area contributed by atoms with Gasteiger partial charge in [0, 0.05) is 17.0 Å². The van der Waals surface area contributed by atoms with E-state index in [0.717, 1.165) is 10.9 Å². The van der Waals surface area contributed by atoms with Gasteiger partial charge in [-0.3, -0.25) is 0 Å². The van der Waals surface area contributed by atoms with Crippen LogP contribution in [0.4, 0.5) is 4.79 Å². The summed E-state index contributed by atoms with van der Waals surface area (Å²) in [6, 6.07) is 12.4. The average Bonchev–Trinajstić information content (AvgIpc) is 2.68. The molecule has 7 nitrogen and oxygen atoms in total. The number of aryl methyl sites for hydroxylation is 2. The second-order valence-corrected chi connectivity index (χ2v) is 8.22. The summed E-state index contributed by atoms with van der Waals surface area (Å²) in [4.78, 5) is 37.2. The van der Waals surface area contributed by atoms with Gasteiger partial charge >= 0.3 is 17.7 Å². The van der Waals surface area contributed by atoms with Gasteiger partial charge in [0.1, 0.15) is 16.9 Å². The van der Waals surface area contributed by atoms with Crippen molar-refractivity contribution in [2.75, 3.05) is 0 Å². The zero-order valence-corrected chi connectivity index (χ0v) is 18.1. The molecule has 2 aromatic carbocycles. The third-order valence-electron chi connectivity index (χ3n) is 4.56. The van der Waals surface area contributed by atoms with Crippen LogP contribution in [0.15, 0.2) is 57.7 Å². The quantitative estimate of drug-likeness (QED) is 0.375. The molecule has 0 saturated carbocycles. The second kappa shape index (κ2) is 8.63. The van der Waals surface area contributed by atoms with Gasteiger partial charge in [0.25, 0.3) is 0 Å². The molecule has 3 aromatic rings. The molecule has 1 unspecified atom stereocenters. The van der Waals surface area contributed by atoms with Crippen molar-refractivity contribution in [1.29, 1.82) is 0 Å². The van der Waals surface area contributed by atoms with Crippen molar-refractivity contribution < 1.29 is 23.5 Å². The Morgan fingerprint density at radius 3 is 2.35 bits per heavy atom. The van der Waals surface area contributed by atoms with Crippen LogP contribution >= 0.6 is 0 Å². The van der Waals surface area contributed by atoms with Crippen LogP contribution in [-0.2, 0) is 9.53 Å². The molecule has 0 saturated heterocycles. The number of esters is 1. The predicted octanol–water partition coefficient (Wildman–Crippen LogP) is 4.58. The van der Waals surface area contributed by atoms with E-state index in [9.17, 15) is 14.4 Å². The van der Waals surface area contributed by atoms with Gasteiger partial charge in [0.15, 0.2) is 6.04 Å². The first-order valence-electron chi connectivity index (χ1n) is 9.85. The van der Waals surface area contributed by atoms with Crippen LogP contribution < -0.4 is 15.7 Å². The normalized spacial score (nSPS) is 12.3. The van der Waals surface area contributed by atoms with Crippen molar-refractivity contribution in [3.63, 3.8) is 0 Å². The molecular weight excluding hydrogens is 398 g/mol. The van der Waals surface area contributed by atoms with E-state index in [1.54, 1.807) is 77.1 Å². The Kier molecular flexibility index (Phi) is 6.15. The highest BCUT2D eigenvalue weighted by atomic mass is 16.6. The van der Waals surface area contributed by atoms with Gasteiger partial charge in [-0.1, -0.05) is 30.3 Å². The third kappa shape index (κ3) is 5.31. The summed E-state index contributed by atoms with van der Waals surface area (Å²) >= 11 is 0. The predicted molar refractivity (Wildman–Crippen MR) is 116 cm³/mol. The molecule has 0 aliphatic heterocycles. The summed E-state index contributed by atoms with van der Waals surface area (Å²) in [5.41, 5.74) is 0.965. The smallest absolute Gasteiger partial charge is 0.408 e. The van der Waals surface area contributed by atoms with Gasteiger partial charge in [-0.2, -0.15) is 0 Å². The summed E-state index contributed by atoms with van der Waals surface area (Å²) < 4.78 is 16.2. The minimum absolute atomic E-state index is 0.234. The zero-order chi connectivity index (χ0) is 22.8. The number of hydrogen-bond acceptors (Lipinski definition) is 6. The molecule has 0 fully saturated rings. The average molecular weight is 423 g/mol. The minimum atomic E-state index is -1.09. The van der Waals surface area contributed by atoms with E-state index in [1.807, 2.05) is 0 Å². The van der Waals surface area contributed by atoms with Crippen molar-refractivity contribution in [2.24, 2.45) is 0 Å². The van der Waals surface area contributed by atoms with Crippen LogP contribution in [0.5, 0.6) is 5.75 Å². The fraction of sp³-hybridized carbons (Fsp3) is 0.292. The molecule has 1 heterocycles. The molecule has 1 atom stereocenters. The number of hydrogen-bond donors (Lipinski definition) is 1. The lowest BCUT2D eigenvalue weighted by Gasteiger charge is -2.23. The molecule has 0 aliphatic carbocycles. The number of ether oxygens (including phenoxy) is 2. The monoisotopic (exact) mass is 423 g/mol. The van der Waals surface area contributed by atoms with Crippen molar-refractivity contribution >= 4 is 23.0 Å². The Labute approximate surface area is 180 Å². The molecule has 1 N–H and O–H groups in total. The van der Waals surface area contributed by atoms with Crippen molar-refractivity contribution in [3.8, 4) is 5.75 Å². The lowest BCUT2D eigenvalue weighted by Crippen LogP contribution is -2.39. The number of rotatable bonds is 4. The number of benzene rings is 2. The van der Waals surface area contributed by atoms with E-state index in [-0.39, 0.29) is 5.75 Å². The van der Waals surface area contributed by atoms with E-state index in [1.165, 1.54) is 6.07 Å². The number of carbonyl (C=O) groups is 2. The minimum Gasteiger partial charge on any atom is -0.444 e. The molecule has 162 valence electrons. The summed E-state index contributed by atoms with van der Waals surface area (Å²) in [7, 11) is 0. The van der Waals surface area contributed by atoms with E-state index in [4.69, 9.17) is 13.9 Å². The largest absolute Gasteiger partial charge is 0.444 e. The Morgan fingerprint density at radius 1 is 1.03 bits per heavy atom. The van der Waals surface area contributed by atoms with Crippen molar-refractivity contribution in [2.45, 2.75) is 46.3 Å². The summed E-state index contributed by atoms with van der Waals surface area (Å²) in [6.07, 6.45) is -0.741. The number of fused-ring (bicyclic) bond motifs is 1. The van der Waals surface area contributed by atoms with Crippen molar-refractivity contribution in [1.82, 2.24) is 5.32 Å². The maximum atomic E-state index is 13.1. The number of amides is 1. The van der Waals surface area contributed by atoms with Crippen LogP contribution in [0, 0.1) is 13.8 Å². The fourth-order valence-corrected chi connectivity index (χ4v) is 3.13. The van der Waals surface area contributed by atoms with Gasteiger partial charge in [0.05, 0.1) is 0 Å². The van der Waals surface area contributed by atoms with Crippen LogP contribution in [0.3, 0.4) is 0 Å². The highest BCUT2D eigenvalue weighted by Crippen LogP contribution is 2.29. The van der Waals surface area contributed by atoms with Crippen molar-refractivity contribution in [3.05, 3.63) is 75.6 Å². The molecule has 0 bridgehead atoms. The standard InChI is InChI=1S/C24H25NO6/c1-14-13-19(26)30-21-15(2)18(12-11-17(14)21)29-22(27)20(16-9-7-6-8-10-16)25-23(28)31-24(3,4)5/h6-13,20H,1-5H3,(H,25,28). The third-order valence-corrected chi connectivity index (χ3v) is 4.56. The molecule has 3 rings (SSSR count). The zero-order valence-electron chi connectivity index (χ0n) is 18.1. The first kappa shape index (κ1) is 22.1. The van der Waals surface area contributed by atoms with Gasteiger partial charge in [-0.15, -0.1) is 0 Å². The van der Waals surface area contributed by atoms with Gasteiger partial charge < -0.3 is 19.2 Å². The van der Waals surface area contributed by atoms with E-state index >= 15 is 0 Å². The topological polar surface area (TPSA) is 94.8 Å². The fourth-order valence-electron chi connectivity index (χ4n) is 3.13. The summed E-state index contributed by atoms with van der Waals surface area (Å²) in [5.74, 6) is -0.465. The highest BCUT2D eigenvalue weighted by molar-refractivity contribution is 5.88. The first-order chi connectivity index (χ1) is 14.5. The SMILES string of the molecule is Cc1cc(=O)oc2c(C)c(OC(=O)C(NC(=O)OC(C)(C)C)c3ccccc3)ccc12. The Morgan fingerprint density at radius 2 is 1.71 bits per heavy atom. The number of carbonyl (C=O) groups excluding carboxylic acids is 2. The Hall–Kier alpha value is -3.61. The lowest BCUT2D eigenvalue weighted by atomic mass is 10.1. The lowest BCUT2D eigenvalue weighted by molar-refractivity contribution is -0.137. The molecule has 0 spiro atoms. The molecule has 0 aliphatic rings. The summed E-state index contributed by atoms with van der Waals surface area (Å²) in [6.45, 7) is 8.70.